The molecule has 0 spiro atoms. The Balaban J connectivity index is 1.98. The molecule has 3 N–H and O–H groups in total. The number of hydrogen-bond donors (Lipinski definition) is 2. The third kappa shape index (κ3) is 3.14. The van der Waals surface area contributed by atoms with E-state index in [1.807, 2.05) is 0 Å². The standard InChI is InChI=1S/C15H26N2O2S/c1-11-4-8-15(9-5-11,13(16)20)17-12(18)10-14(19-2)6-3-7-14/h11H,3-10H2,1-2H3,(H2,16,20)(H,17,18). The van der Waals surface area contributed by atoms with E-state index in [1.54, 1.807) is 7.11 Å². The molecule has 0 aromatic heterocycles. The number of thiocarbonyl (C=S) groups is 1. The molecule has 0 aromatic carbocycles. The van der Waals surface area contributed by atoms with Crippen molar-refractivity contribution in [3.63, 3.8) is 0 Å². The summed E-state index contributed by atoms with van der Waals surface area (Å²) in [4.78, 5) is 12.8. The topological polar surface area (TPSA) is 64.3 Å². The molecular formula is C15H26N2O2S. The summed E-state index contributed by atoms with van der Waals surface area (Å²) < 4.78 is 5.52. The number of carbonyl (C=O) groups excluding carboxylic acids is 1. The summed E-state index contributed by atoms with van der Waals surface area (Å²) in [6.07, 6.45) is 7.33. The molecule has 0 saturated heterocycles. The highest BCUT2D eigenvalue weighted by molar-refractivity contribution is 7.80. The number of amides is 1. The van der Waals surface area contributed by atoms with Crippen LogP contribution in [0.4, 0.5) is 0 Å². The second-order valence-electron chi connectivity index (χ2n) is 6.59. The minimum atomic E-state index is -0.475. The van der Waals surface area contributed by atoms with E-state index < -0.39 is 5.54 Å². The Morgan fingerprint density at radius 3 is 2.35 bits per heavy atom. The normalized spacial score (nSPS) is 32.2. The van der Waals surface area contributed by atoms with Gasteiger partial charge >= 0.3 is 0 Å². The lowest BCUT2D eigenvalue weighted by Gasteiger charge is -2.43. The van der Waals surface area contributed by atoms with Gasteiger partial charge in [0.25, 0.3) is 0 Å². The van der Waals surface area contributed by atoms with Crippen LogP contribution in [0.1, 0.15) is 58.3 Å². The highest BCUT2D eigenvalue weighted by Crippen LogP contribution is 2.38. The van der Waals surface area contributed by atoms with Crippen molar-refractivity contribution < 1.29 is 9.53 Å². The van der Waals surface area contributed by atoms with E-state index in [1.165, 1.54) is 0 Å². The van der Waals surface area contributed by atoms with Crippen LogP contribution in [0.2, 0.25) is 0 Å². The second kappa shape index (κ2) is 5.98. The van der Waals surface area contributed by atoms with Gasteiger partial charge in [0.2, 0.25) is 5.91 Å². The first-order valence-electron chi connectivity index (χ1n) is 7.57. The molecule has 4 nitrogen and oxygen atoms in total. The predicted molar refractivity (Wildman–Crippen MR) is 83.5 cm³/mol. The molecule has 0 bridgehead atoms. The van der Waals surface area contributed by atoms with E-state index >= 15 is 0 Å². The first-order valence-corrected chi connectivity index (χ1v) is 7.98. The molecule has 2 aliphatic rings. The van der Waals surface area contributed by atoms with Crippen molar-refractivity contribution in [3.05, 3.63) is 0 Å². The van der Waals surface area contributed by atoms with Crippen LogP contribution in [-0.2, 0) is 9.53 Å². The number of methoxy groups -OCH3 is 1. The number of hydrogen-bond acceptors (Lipinski definition) is 3. The van der Waals surface area contributed by atoms with Crippen LogP contribution in [0.3, 0.4) is 0 Å². The Morgan fingerprint density at radius 1 is 1.35 bits per heavy atom. The van der Waals surface area contributed by atoms with E-state index in [4.69, 9.17) is 22.7 Å². The van der Waals surface area contributed by atoms with Crippen molar-refractivity contribution in [3.8, 4) is 0 Å². The van der Waals surface area contributed by atoms with Gasteiger partial charge < -0.3 is 15.8 Å². The summed E-state index contributed by atoms with van der Waals surface area (Å²) in [7, 11) is 1.69. The average Bonchev–Trinajstić information content (AvgIpc) is 2.36. The number of ether oxygens (including phenoxy) is 1. The molecule has 20 heavy (non-hydrogen) atoms. The summed E-state index contributed by atoms with van der Waals surface area (Å²) in [6.45, 7) is 2.24. The van der Waals surface area contributed by atoms with Crippen molar-refractivity contribution in [2.45, 2.75) is 69.4 Å². The first kappa shape index (κ1) is 15.7. The molecule has 0 radical (unpaired) electrons. The summed E-state index contributed by atoms with van der Waals surface area (Å²) >= 11 is 5.23. The summed E-state index contributed by atoms with van der Waals surface area (Å²) in [5.74, 6) is 0.709. The van der Waals surface area contributed by atoms with Gasteiger partial charge in [0.05, 0.1) is 22.5 Å². The lowest BCUT2D eigenvalue weighted by Crippen LogP contribution is -2.59. The molecule has 2 rings (SSSR count). The molecule has 114 valence electrons. The molecule has 0 heterocycles. The maximum atomic E-state index is 12.4. The van der Waals surface area contributed by atoms with E-state index in [9.17, 15) is 4.79 Å². The molecule has 2 saturated carbocycles. The van der Waals surface area contributed by atoms with Crippen LogP contribution >= 0.6 is 12.2 Å². The van der Waals surface area contributed by atoms with E-state index in [2.05, 4.69) is 12.2 Å². The zero-order valence-electron chi connectivity index (χ0n) is 12.5. The summed E-state index contributed by atoms with van der Waals surface area (Å²) in [5, 5.41) is 3.13. The van der Waals surface area contributed by atoms with Gasteiger partial charge in [0, 0.05) is 7.11 Å². The second-order valence-corrected chi connectivity index (χ2v) is 7.03. The van der Waals surface area contributed by atoms with Gasteiger partial charge in [-0.15, -0.1) is 0 Å². The largest absolute Gasteiger partial charge is 0.391 e. The molecule has 0 aliphatic heterocycles. The van der Waals surface area contributed by atoms with Crippen LogP contribution in [0.5, 0.6) is 0 Å². The molecule has 0 unspecified atom stereocenters. The van der Waals surface area contributed by atoms with E-state index in [0.717, 1.165) is 44.9 Å². The summed E-state index contributed by atoms with van der Waals surface area (Å²) in [5.41, 5.74) is 5.20. The monoisotopic (exact) mass is 298 g/mol. The number of carbonyl (C=O) groups is 1. The van der Waals surface area contributed by atoms with Crippen molar-refractivity contribution in [2.24, 2.45) is 11.7 Å². The Morgan fingerprint density at radius 2 is 1.95 bits per heavy atom. The number of rotatable bonds is 5. The average molecular weight is 298 g/mol. The van der Waals surface area contributed by atoms with Crippen LogP contribution in [0.25, 0.3) is 0 Å². The van der Waals surface area contributed by atoms with Crippen molar-refractivity contribution in [1.82, 2.24) is 5.32 Å². The zero-order chi connectivity index (χ0) is 14.8. The maximum Gasteiger partial charge on any atom is 0.223 e. The van der Waals surface area contributed by atoms with Gasteiger partial charge in [-0.25, -0.2) is 0 Å². The van der Waals surface area contributed by atoms with Crippen LogP contribution in [0, 0.1) is 5.92 Å². The molecule has 2 aliphatic carbocycles. The van der Waals surface area contributed by atoms with Crippen molar-refractivity contribution >= 4 is 23.1 Å². The number of nitrogens with one attached hydrogen (secondary N) is 1. The summed E-state index contributed by atoms with van der Waals surface area (Å²) in [6, 6.07) is 0. The van der Waals surface area contributed by atoms with Crippen LogP contribution in [-0.4, -0.2) is 29.1 Å². The van der Waals surface area contributed by atoms with E-state index in [0.29, 0.717) is 17.3 Å². The van der Waals surface area contributed by atoms with Crippen LogP contribution < -0.4 is 11.1 Å². The highest BCUT2D eigenvalue weighted by Gasteiger charge is 2.42. The maximum absolute atomic E-state index is 12.4. The third-order valence-corrected chi connectivity index (χ3v) is 5.55. The fourth-order valence-corrected chi connectivity index (χ4v) is 3.57. The Hall–Kier alpha value is -0.680. The minimum absolute atomic E-state index is 0.0221. The van der Waals surface area contributed by atoms with Gasteiger partial charge in [-0.2, -0.15) is 0 Å². The minimum Gasteiger partial charge on any atom is -0.391 e. The van der Waals surface area contributed by atoms with E-state index in [-0.39, 0.29) is 11.5 Å². The molecular weight excluding hydrogens is 272 g/mol. The smallest absolute Gasteiger partial charge is 0.223 e. The first-order chi connectivity index (χ1) is 9.41. The molecule has 1 amide bonds. The van der Waals surface area contributed by atoms with Crippen molar-refractivity contribution in [1.29, 1.82) is 0 Å². The van der Waals surface area contributed by atoms with Crippen LogP contribution in [0.15, 0.2) is 0 Å². The highest BCUT2D eigenvalue weighted by atomic mass is 32.1. The van der Waals surface area contributed by atoms with Gasteiger partial charge in [0.1, 0.15) is 0 Å². The Labute approximate surface area is 126 Å². The van der Waals surface area contributed by atoms with Gasteiger partial charge in [-0.3, -0.25) is 4.79 Å². The quantitative estimate of drug-likeness (QED) is 0.764. The Kier molecular flexibility index (Phi) is 4.69. The zero-order valence-corrected chi connectivity index (χ0v) is 13.4. The molecule has 0 atom stereocenters. The van der Waals surface area contributed by atoms with Gasteiger partial charge in [0.15, 0.2) is 0 Å². The molecule has 5 heteroatoms. The Bertz CT molecular complexity index is 380. The predicted octanol–water partition coefficient (Wildman–Crippen LogP) is 2.30. The fraction of sp³-hybridized carbons (Fsp3) is 0.867. The van der Waals surface area contributed by atoms with Gasteiger partial charge in [-0.1, -0.05) is 19.1 Å². The lowest BCUT2D eigenvalue weighted by molar-refractivity contribution is -0.135. The number of nitrogens with two attached hydrogens (primary N) is 1. The fourth-order valence-electron chi connectivity index (χ4n) is 3.32. The SMILES string of the molecule is COC1(CC(=O)NC2(C(N)=S)CCC(C)CC2)CCC1. The lowest BCUT2D eigenvalue weighted by atomic mass is 9.75. The van der Waals surface area contributed by atoms with Crippen molar-refractivity contribution in [2.75, 3.05) is 7.11 Å². The molecule has 0 aromatic rings. The van der Waals surface area contributed by atoms with Gasteiger partial charge in [-0.05, 0) is 50.9 Å². The third-order valence-electron chi connectivity index (χ3n) is 5.16. The molecule has 2 fully saturated rings.